The maximum atomic E-state index is 13.4. The lowest BCUT2D eigenvalue weighted by Gasteiger charge is -2.22. The molecule has 0 bridgehead atoms. The summed E-state index contributed by atoms with van der Waals surface area (Å²) in [4.78, 5) is 12.0. The number of nitriles is 1. The van der Waals surface area contributed by atoms with E-state index in [1.807, 2.05) is 0 Å². The van der Waals surface area contributed by atoms with Crippen LogP contribution in [0.15, 0.2) is 24.3 Å². The van der Waals surface area contributed by atoms with Crippen molar-refractivity contribution < 1.29 is 9.18 Å². The Kier molecular flexibility index (Phi) is 4.85. The van der Waals surface area contributed by atoms with Crippen molar-refractivity contribution in [2.75, 3.05) is 0 Å². The summed E-state index contributed by atoms with van der Waals surface area (Å²) in [5.74, 6) is -0.688. The van der Waals surface area contributed by atoms with Gasteiger partial charge in [0.25, 0.3) is 0 Å². The Morgan fingerprint density at radius 2 is 2.00 bits per heavy atom. The highest BCUT2D eigenvalue weighted by atomic mass is 19.1. The third-order valence-corrected chi connectivity index (χ3v) is 3.25. The number of nitrogens with zero attached hydrogens (tertiary/aromatic N) is 1. The highest BCUT2D eigenvalue weighted by Crippen LogP contribution is 2.25. The minimum Gasteiger partial charge on any atom is -0.351 e. The van der Waals surface area contributed by atoms with Crippen molar-refractivity contribution in [3.8, 4) is 6.07 Å². The number of benzene rings is 1. The summed E-state index contributed by atoms with van der Waals surface area (Å²) < 4.78 is 13.4. The third-order valence-electron chi connectivity index (χ3n) is 3.25. The molecule has 1 amide bonds. The first-order valence-corrected chi connectivity index (χ1v) is 6.02. The van der Waals surface area contributed by atoms with Gasteiger partial charge in [0, 0.05) is 12.1 Å². The maximum absolute atomic E-state index is 13.4. The zero-order chi connectivity index (χ0) is 13.6. The fourth-order valence-corrected chi connectivity index (χ4v) is 1.77. The Morgan fingerprint density at radius 1 is 1.39 bits per heavy atom. The van der Waals surface area contributed by atoms with Crippen LogP contribution in [0.1, 0.15) is 32.3 Å². The molecule has 0 unspecified atom stereocenters. The van der Waals surface area contributed by atoms with Crippen LogP contribution in [0.2, 0.25) is 0 Å². The first kappa shape index (κ1) is 14.2. The van der Waals surface area contributed by atoms with E-state index in [9.17, 15) is 9.18 Å². The van der Waals surface area contributed by atoms with Gasteiger partial charge >= 0.3 is 0 Å². The van der Waals surface area contributed by atoms with Gasteiger partial charge in [0.05, 0.1) is 6.07 Å². The van der Waals surface area contributed by atoms with Gasteiger partial charge in [-0.1, -0.05) is 32.0 Å². The van der Waals surface area contributed by atoms with Crippen LogP contribution in [0.3, 0.4) is 0 Å². The lowest BCUT2D eigenvalue weighted by molar-refractivity contribution is -0.128. The molecule has 1 aromatic carbocycles. The summed E-state index contributed by atoms with van der Waals surface area (Å²) in [6.07, 6.45) is 0.895. The average Bonchev–Trinajstić information content (AvgIpc) is 2.40. The van der Waals surface area contributed by atoms with Gasteiger partial charge in [-0.25, -0.2) is 4.39 Å². The first-order chi connectivity index (χ1) is 8.59. The molecule has 1 aromatic rings. The number of carbonyl (C=O) groups is 1. The SMILES string of the molecule is CCC(C#N)(CC)C(=O)NCc1ccccc1F. The van der Waals surface area contributed by atoms with Crippen molar-refractivity contribution in [3.05, 3.63) is 35.6 Å². The monoisotopic (exact) mass is 248 g/mol. The van der Waals surface area contributed by atoms with Crippen molar-refractivity contribution in [2.24, 2.45) is 5.41 Å². The Hall–Kier alpha value is -1.89. The molecule has 18 heavy (non-hydrogen) atoms. The van der Waals surface area contributed by atoms with Crippen LogP contribution in [0.25, 0.3) is 0 Å². The molecule has 0 atom stereocenters. The molecule has 4 heteroatoms. The molecule has 0 heterocycles. The number of carbonyl (C=O) groups excluding carboxylic acids is 1. The van der Waals surface area contributed by atoms with E-state index in [1.165, 1.54) is 6.07 Å². The van der Waals surface area contributed by atoms with Crippen molar-refractivity contribution in [2.45, 2.75) is 33.2 Å². The normalized spacial score (nSPS) is 10.8. The van der Waals surface area contributed by atoms with Gasteiger partial charge in [0.15, 0.2) is 0 Å². The second kappa shape index (κ2) is 6.15. The van der Waals surface area contributed by atoms with Crippen LogP contribution < -0.4 is 5.32 Å². The van der Waals surface area contributed by atoms with Crippen LogP contribution in [-0.2, 0) is 11.3 Å². The molecule has 0 aromatic heterocycles. The standard InChI is InChI=1S/C14H17FN2O/c1-3-14(4-2,10-16)13(18)17-9-11-7-5-6-8-12(11)15/h5-8H,3-4,9H2,1-2H3,(H,17,18). The predicted octanol–water partition coefficient (Wildman–Crippen LogP) is 2.77. The Labute approximate surface area is 107 Å². The van der Waals surface area contributed by atoms with Crippen molar-refractivity contribution in [1.82, 2.24) is 5.32 Å². The zero-order valence-corrected chi connectivity index (χ0v) is 10.7. The van der Waals surface area contributed by atoms with E-state index in [0.717, 1.165) is 0 Å². The fourth-order valence-electron chi connectivity index (χ4n) is 1.77. The van der Waals surface area contributed by atoms with Gasteiger partial charge in [-0.15, -0.1) is 0 Å². The minimum atomic E-state index is -1.01. The van der Waals surface area contributed by atoms with Gasteiger partial charge in [0.1, 0.15) is 11.2 Å². The number of nitrogens with one attached hydrogen (secondary N) is 1. The van der Waals surface area contributed by atoms with E-state index >= 15 is 0 Å². The summed E-state index contributed by atoms with van der Waals surface area (Å²) in [5.41, 5.74) is -0.587. The van der Waals surface area contributed by atoms with Crippen LogP contribution in [-0.4, -0.2) is 5.91 Å². The van der Waals surface area contributed by atoms with E-state index in [0.29, 0.717) is 18.4 Å². The summed E-state index contributed by atoms with van der Waals surface area (Å²) in [6.45, 7) is 3.71. The molecular weight excluding hydrogens is 231 g/mol. The molecule has 3 nitrogen and oxygen atoms in total. The molecule has 0 aliphatic carbocycles. The smallest absolute Gasteiger partial charge is 0.240 e. The van der Waals surface area contributed by atoms with Gasteiger partial charge < -0.3 is 5.32 Å². The molecule has 0 aliphatic rings. The van der Waals surface area contributed by atoms with Gasteiger partial charge in [-0.2, -0.15) is 5.26 Å². The van der Waals surface area contributed by atoms with Crippen LogP contribution >= 0.6 is 0 Å². The molecule has 0 aliphatic heterocycles. The van der Waals surface area contributed by atoms with Crippen molar-refractivity contribution >= 4 is 5.91 Å². The molecule has 0 saturated heterocycles. The molecule has 0 radical (unpaired) electrons. The Bertz CT molecular complexity index is 461. The summed E-state index contributed by atoms with van der Waals surface area (Å²) >= 11 is 0. The van der Waals surface area contributed by atoms with Gasteiger partial charge in [-0.3, -0.25) is 4.79 Å². The lowest BCUT2D eigenvalue weighted by Crippen LogP contribution is -2.39. The molecule has 0 fully saturated rings. The number of halogens is 1. The van der Waals surface area contributed by atoms with Gasteiger partial charge in [0.2, 0.25) is 5.91 Å². The largest absolute Gasteiger partial charge is 0.351 e. The lowest BCUT2D eigenvalue weighted by atomic mass is 9.83. The summed E-state index contributed by atoms with van der Waals surface area (Å²) in [7, 11) is 0. The first-order valence-electron chi connectivity index (χ1n) is 6.02. The molecule has 0 saturated carbocycles. The number of hydrogen-bond donors (Lipinski definition) is 1. The Balaban J connectivity index is 2.73. The molecule has 1 N–H and O–H groups in total. The highest BCUT2D eigenvalue weighted by Gasteiger charge is 2.34. The van der Waals surface area contributed by atoms with Crippen LogP contribution in [0, 0.1) is 22.6 Å². The summed E-state index contributed by atoms with van der Waals surface area (Å²) in [6, 6.07) is 8.32. The second-order valence-electron chi connectivity index (χ2n) is 4.18. The van der Waals surface area contributed by atoms with Crippen molar-refractivity contribution in [3.63, 3.8) is 0 Å². The average molecular weight is 248 g/mol. The number of rotatable bonds is 5. The van der Waals surface area contributed by atoms with E-state index in [1.54, 1.807) is 32.0 Å². The van der Waals surface area contributed by atoms with Crippen LogP contribution in [0.5, 0.6) is 0 Å². The summed E-state index contributed by atoms with van der Waals surface area (Å²) in [5, 5.41) is 11.7. The second-order valence-corrected chi connectivity index (χ2v) is 4.18. The maximum Gasteiger partial charge on any atom is 0.240 e. The highest BCUT2D eigenvalue weighted by molar-refractivity contribution is 5.85. The van der Waals surface area contributed by atoms with E-state index in [4.69, 9.17) is 5.26 Å². The van der Waals surface area contributed by atoms with E-state index in [2.05, 4.69) is 11.4 Å². The number of amides is 1. The van der Waals surface area contributed by atoms with Crippen molar-refractivity contribution in [1.29, 1.82) is 5.26 Å². The predicted molar refractivity (Wildman–Crippen MR) is 66.9 cm³/mol. The Morgan fingerprint density at radius 3 is 2.50 bits per heavy atom. The molecule has 96 valence electrons. The van der Waals surface area contributed by atoms with Crippen LogP contribution in [0.4, 0.5) is 4.39 Å². The van der Waals surface area contributed by atoms with E-state index in [-0.39, 0.29) is 18.3 Å². The fraction of sp³-hybridized carbons (Fsp3) is 0.429. The number of hydrogen-bond acceptors (Lipinski definition) is 2. The third kappa shape index (κ3) is 2.86. The molecule has 1 rings (SSSR count). The topological polar surface area (TPSA) is 52.9 Å². The van der Waals surface area contributed by atoms with E-state index < -0.39 is 5.41 Å². The molecular formula is C14H17FN2O. The molecule has 0 spiro atoms. The minimum absolute atomic E-state index is 0.106. The quantitative estimate of drug-likeness (QED) is 0.871. The van der Waals surface area contributed by atoms with Gasteiger partial charge in [-0.05, 0) is 18.9 Å². The zero-order valence-electron chi connectivity index (χ0n) is 10.7.